The van der Waals surface area contributed by atoms with E-state index in [0.29, 0.717) is 55.6 Å². The molecule has 0 unspecified atom stereocenters. The van der Waals surface area contributed by atoms with Crippen molar-refractivity contribution >= 4 is 23.7 Å². The van der Waals surface area contributed by atoms with Crippen molar-refractivity contribution in [1.82, 2.24) is 34.4 Å². The molecule has 1 N–H and O–H groups in total. The minimum Gasteiger partial charge on any atom is -0.338 e. The van der Waals surface area contributed by atoms with E-state index >= 15 is 0 Å². The van der Waals surface area contributed by atoms with Crippen LogP contribution in [0, 0.1) is 5.82 Å². The van der Waals surface area contributed by atoms with Crippen molar-refractivity contribution in [2.45, 2.75) is 69.3 Å². The first-order valence-electron chi connectivity index (χ1n) is 15.1. The highest BCUT2D eigenvalue weighted by atomic mass is 32.2. The Morgan fingerprint density at radius 2 is 1.65 bits per heavy atom. The first kappa shape index (κ1) is 32.2. The molecule has 0 atom stereocenters. The van der Waals surface area contributed by atoms with Crippen LogP contribution in [-0.2, 0) is 30.6 Å². The van der Waals surface area contributed by atoms with Crippen LogP contribution < -0.4 is 10.9 Å². The Morgan fingerprint density at radius 1 is 0.953 bits per heavy atom. The largest absolute Gasteiger partial charge is 0.338 e. The molecule has 4 rings (SSSR count). The Labute approximate surface area is 256 Å². The zero-order valence-corrected chi connectivity index (χ0v) is 26.0. The van der Waals surface area contributed by atoms with Gasteiger partial charge in [0.15, 0.2) is 5.16 Å². The summed E-state index contributed by atoms with van der Waals surface area (Å²) >= 11 is 1.33. The molecule has 0 radical (unpaired) electrons. The highest BCUT2D eigenvalue weighted by Gasteiger charge is 2.25. The molecule has 1 saturated heterocycles. The van der Waals surface area contributed by atoms with Crippen LogP contribution >= 0.6 is 11.8 Å². The van der Waals surface area contributed by atoms with Crippen molar-refractivity contribution in [3.8, 4) is 0 Å². The number of benzene rings is 1. The van der Waals surface area contributed by atoms with Gasteiger partial charge in [-0.1, -0.05) is 62.9 Å². The van der Waals surface area contributed by atoms with Gasteiger partial charge in [0.2, 0.25) is 5.91 Å². The lowest BCUT2D eigenvalue weighted by Crippen LogP contribution is -2.53. The Bertz CT molecular complexity index is 1400. The second-order valence-electron chi connectivity index (χ2n) is 11.0. The second-order valence-corrected chi connectivity index (χ2v) is 11.9. The highest BCUT2D eigenvalue weighted by Crippen LogP contribution is 2.22. The second kappa shape index (κ2) is 16.3. The first-order chi connectivity index (χ1) is 20.8. The number of hydrogen-bond donors (Lipinski definition) is 1. The van der Waals surface area contributed by atoms with E-state index in [-0.39, 0.29) is 29.9 Å². The lowest BCUT2D eigenvalue weighted by atomic mass is 10.1. The average Bonchev–Trinajstić information content (AvgIpc) is 3.42. The fourth-order valence-electron chi connectivity index (χ4n) is 5.00. The average molecular weight is 612 g/mol. The Hall–Kier alpha value is -3.67. The lowest BCUT2D eigenvalue weighted by Gasteiger charge is -2.35. The molecule has 12 heteroatoms. The molecule has 1 aliphatic rings. The van der Waals surface area contributed by atoms with E-state index in [4.69, 9.17) is 0 Å². The van der Waals surface area contributed by atoms with Crippen LogP contribution in [0.3, 0.4) is 0 Å². The Morgan fingerprint density at radius 3 is 2.35 bits per heavy atom. The molecule has 1 aromatic carbocycles. The summed E-state index contributed by atoms with van der Waals surface area (Å²) in [5.41, 5.74) is 1.87. The summed E-state index contributed by atoms with van der Waals surface area (Å²) in [4.78, 5) is 46.8. The predicted octanol–water partition coefficient (Wildman–Crippen LogP) is 4.21. The van der Waals surface area contributed by atoms with Crippen molar-refractivity contribution in [2.24, 2.45) is 7.05 Å². The molecular formula is C31H42FN7O3S. The number of nitrogens with zero attached hydrogens (tertiary/aromatic N) is 6. The van der Waals surface area contributed by atoms with E-state index in [2.05, 4.69) is 22.3 Å². The van der Waals surface area contributed by atoms with Gasteiger partial charge in [0.1, 0.15) is 12.4 Å². The predicted molar refractivity (Wildman–Crippen MR) is 165 cm³/mol. The molecule has 10 nitrogen and oxygen atoms in total. The van der Waals surface area contributed by atoms with Gasteiger partial charge in [-0.2, -0.15) is 10.1 Å². The number of halogens is 1. The van der Waals surface area contributed by atoms with Crippen LogP contribution in [0.25, 0.3) is 0 Å². The normalized spacial score (nSPS) is 13.4. The summed E-state index contributed by atoms with van der Waals surface area (Å²) in [7, 11) is 1.81. The SMILES string of the molecule is CCCCCCCCNC(=O)N1CCN(C(=O)Cn2cc(Cc3cnn(C)c3)c(=O)nc2SCc2ccc(F)cc2)CC1. The molecule has 0 spiro atoms. The summed E-state index contributed by atoms with van der Waals surface area (Å²) in [6.45, 7) is 4.70. The summed E-state index contributed by atoms with van der Waals surface area (Å²) < 4.78 is 16.8. The van der Waals surface area contributed by atoms with Crippen molar-refractivity contribution in [3.63, 3.8) is 0 Å². The van der Waals surface area contributed by atoms with E-state index in [9.17, 15) is 18.8 Å². The van der Waals surface area contributed by atoms with Gasteiger partial charge in [-0.25, -0.2) is 9.18 Å². The maximum atomic E-state index is 13.4. The van der Waals surface area contributed by atoms with E-state index in [1.54, 1.807) is 43.6 Å². The number of nitrogens with one attached hydrogen (secondary N) is 1. The third-order valence-electron chi connectivity index (χ3n) is 7.50. The molecule has 43 heavy (non-hydrogen) atoms. The van der Waals surface area contributed by atoms with E-state index in [0.717, 1.165) is 24.0 Å². The highest BCUT2D eigenvalue weighted by molar-refractivity contribution is 7.98. The first-order valence-corrected chi connectivity index (χ1v) is 16.1. The van der Waals surface area contributed by atoms with Gasteiger partial charge in [0.05, 0.1) is 6.20 Å². The Kier molecular flexibility index (Phi) is 12.2. The molecular weight excluding hydrogens is 569 g/mol. The standard InChI is InChI=1S/C31H42FN7O3S/c1-3-4-5-6-7-8-13-33-30(42)38-16-14-37(15-17-38)28(40)22-39-21-26(18-25-19-34-36(2)20-25)29(41)35-31(39)43-23-24-9-11-27(32)12-10-24/h9-12,19-21H,3-8,13-18,22-23H2,1-2H3,(H,33,42). The summed E-state index contributed by atoms with van der Waals surface area (Å²) in [6.07, 6.45) is 12.6. The number of aromatic nitrogens is 4. The van der Waals surface area contributed by atoms with Crippen LogP contribution in [0.15, 0.2) is 52.8 Å². The maximum Gasteiger partial charge on any atom is 0.317 e. The van der Waals surface area contributed by atoms with Crippen LogP contribution in [0.4, 0.5) is 9.18 Å². The van der Waals surface area contributed by atoms with Crippen LogP contribution in [0.2, 0.25) is 0 Å². The molecule has 232 valence electrons. The minimum absolute atomic E-state index is 0.0172. The number of aryl methyl sites for hydroxylation is 1. The van der Waals surface area contributed by atoms with Crippen LogP contribution in [-0.4, -0.2) is 73.8 Å². The van der Waals surface area contributed by atoms with Gasteiger partial charge < -0.3 is 19.7 Å². The minimum atomic E-state index is -0.352. The molecule has 3 heterocycles. The van der Waals surface area contributed by atoms with Crippen molar-refractivity contribution < 1.29 is 14.0 Å². The molecule has 0 bridgehead atoms. The molecule has 3 aromatic rings. The van der Waals surface area contributed by atoms with E-state index in [1.165, 1.54) is 49.6 Å². The molecule has 1 aliphatic heterocycles. The van der Waals surface area contributed by atoms with Gasteiger partial charge in [0.25, 0.3) is 5.56 Å². The maximum absolute atomic E-state index is 13.4. The van der Waals surface area contributed by atoms with Crippen molar-refractivity contribution in [2.75, 3.05) is 32.7 Å². The molecule has 0 saturated carbocycles. The van der Waals surface area contributed by atoms with Crippen molar-refractivity contribution in [3.05, 3.63) is 75.7 Å². The Balaban J connectivity index is 1.36. The monoisotopic (exact) mass is 611 g/mol. The quantitative estimate of drug-likeness (QED) is 0.166. The van der Waals surface area contributed by atoms with Gasteiger partial charge in [0, 0.05) is 69.9 Å². The summed E-state index contributed by atoms with van der Waals surface area (Å²) in [5, 5.41) is 7.61. The van der Waals surface area contributed by atoms with Crippen LogP contribution in [0.5, 0.6) is 0 Å². The zero-order chi connectivity index (χ0) is 30.6. The smallest absolute Gasteiger partial charge is 0.317 e. The van der Waals surface area contributed by atoms with Gasteiger partial charge in [-0.15, -0.1) is 0 Å². The number of carbonyl (C=O) groups excluding carboxylic acids is 2. The van der Waals surface area contributed by atoms with Gasteiger partial charge in [-0.05, 0) is 29.7 Å². The number of unbranched alkanes of at least 4 members (excludes halogenated alkanes) is 5. The molecule has 3 amide bonds. The van der Waals surface area contributed by atoms with E-state index < -0.39 is 0 Å². The number of urea groups is 1. The third-order valence-corrected chi connectivity index (χ3v) is 8.56. The van der Waals surface area contributed by atoms with E-state index in [1.807, 2.05) is 13.2 Å². The van der Waals surface area contributed by atoms with Crippen molar-refractivity contribution in [1.29, 1.82) is 0 Å². The summed E-state index contributed by atoms with van der Waals surface area (Å²) in [5.74, 6) is 0.0492. The van der Waals surface area contributed by atoms with Crippen LogP contribution in [0.1, 0.15) is 62.1 Å². The number of hydrogen-bond acceptors (Lipinski definition) is 6. The number of amides is 3. The fourth-order valence-corrected chi connectivity index (χ4v) is 5.92. The lowest BCUT2D eigenvalue weighted by molar-refractivity contribution is -0.133. The molecule has 2 aromatic heterocycles. The fraction of sp³-hybridized carbons (Fsp3) is 0.516. The van der Waals surface area contributed by atoms with Gasteiger partial charge >= 0.3 is 6.03 Å². The zero-order valence-electron chi connectivity index (χ0n) is 25.1. The number of thioether (sulfide) groups is 1. The number of piperazine rings is 1. The van der Waals surface area contributed by atoms with Gasteiger partial charge in [-0.3, -0.25) is 14.3 Å². The third kappa shape index (κ3) is 9.94. The summed E-state index contributed by atoms with van der Waals surface area (Å²) in [6, 6.07) is 6.09. The molecule has 1 fully saturated rings. The number of carbonyl (C=O) groups is 2. The molecule has 0 aliphatic carbocycles. The number of rotatable bonds is 14. The topological polar surface area (TPSA) is 105 Å².